The van der Waals surface area contributed by atoms with Gasteiger partial charge in [-0.3, -0.25) is 0 Å². The molecule has 1 N–H and O–H groups in total. The van der Waals surface area contributed by atoms with Gasteiger partial charge in [0.15, 0.2) is 9.84 Å². The molecule has 0 spiro atoms. The Hall–Kier alpha value is -1.11. The Morgan fingerprint density at radius 1 is 1.17 bits per heavy atom. The van der Waals surface area contributed by atoms with Crippen molar-refractivity contribution in [3.8, 4) is 5.75 Å². The van der Waals surface area contributed by atoms with Crippen molar-refractivity contribution in [1.29, 1.82) is 0 Å². The first-order valence-corrected chi connectivity index (χ1v) is 10.3. The first-order valence-electron chi connectivity index (χ1n) is 8.64. The van der Waals surface area contributed by atoms with Gasteiger partial charge >= 0.3 is 0 Å². The average molecular weight is 353 g/mol. The monoisotopic (exact) mass is 353 g/mol. The molecule has 0 aliphatic carbocycles. The van der Waals surface area contributed by atoms with Crippen LogP contribution in [0.25, 0.3) is 0 Å². The summed E-state index contributed by atoms with van der Waals surface area (Å²) >= 11 is 0. The zero-order chi connectivity index (χ0) is 17.4. The van der Waals surface area contributed by atoms with Crippen LogP contribution in [0.3, 0.4) is 0 Å². The number of fused-ring (bicyclic) bond motifs is 2. The number of hydrogen-bond acceptors (Lipinski definition) is 5. The number of aliphatic hydroxyl groups is 1. The van der Waals surface area contributed by atoms with Crippen LogP contribution in [0.1, 0.15) is 37.7 Å². The predicted molar refractivity (Wildman–Crippen MR) is 94.0 cm³/mol. The molecule has 5 nitrogen and oxygen atoms in total. The number of hydrogen-bond donors (Lipinski definition) is 1. The molecule has 2 heterocycles. The van der Waals surface area contributed by atoms with E-state index in [0.29, 0.717) is 32.3 Å². The average Bonchev–Trinajstić information content (AvgIpc) is 2.49. The van der Waals surface area contributed by atoms with Crippen molar-refractivity contribution in [1.82, 2.24) is 4.90 Å². The van der Waals surface area contributed by atoms with Gasteiger partial charge in [-0.1, -0.05) is 18.6 Å². The van der Waals surface area contributed by atoms with E-state index >= 15 is 0 Å². The van der Waals surface area contributed by atoms with Crippen molar-refractivity contribution < 1.29 is 18.3 Å². The van der Waals surface area contributed by atoms with Gasteiger partial charge in [0.2, 0.25) is 0 Å². The molecule has 24 heavy (non-hydrogen) atoms. The van der Waals surface area contributed by atoms with Gasteiger partial charge in [0.05, 0.1) is 16.1 Å². The third-order valence-corrected chi connectivity index (χ3v) is 7.97. The van der Waals surface area contributed by atoms with Gasteiger partial charge in [0, 0.05) is 6.54 Å². The van der Waals surface area contributed by atoms with E-state index in [2.05, 4.69) is 4.90 Å². The van der Waals surface area contributed by atoms with E-state index in [9.17, 15) is 13.5 Å². The highest BCUT2D eigenvalue weighted by molar-refractivity contribution is 7.92. The highest BCUT2D eigenvalue weighted by atomic mass is 32.2. The summed E-state index contributed by atoms with van der Waals surface area (Å²) in [7, 11) is 0.930. The molecular formula is C18H27NO4S. The molecule has 0 amide bonds. The van der Waals surface area contributed by atoms with Gasteiger partial charge < -0.3 is 14.7 Å². The van der Waals surface area contributed by atoms with Crippen LogP contribution < -0.4 is 4.74 Å². The predicted octanol–water partition coefficient (Wildman–Crippen LogP) is 1.94. The van der Waals surface area contributed by atoms with Gasteiger partial charge in [-0.2, -0.15) is 0 Å². The molecule has 2 bridgehead atoms. The van der Waals surface area contributed by atoms with Crippen molar-refractivity contribution in [3.63, 3.8) is 0 Å². The maximum Gasteiger partial charge on any atom is 0.156 e. The normalized spacial score (nSPS) is 31.8. The van der Waals surface area contributed by atoms with E-state index in [1.807, 2.05) is 38.4 Å². The number of sulfone groups is 1. The van der Waals surface area contributed by atoms with Gasteiger partial charge in [-0.25, -0.2) is 8.42 Å². The molecule has 2 fully saturated rings. The molecule has 134 valence electrons. The second kappa shape index (κ2) is 6.65. The zero-order valence-electron chi connectivity index (χ0n) is 14.4. The summed E-state index contributed by atoms with van der Waals surface area (Å²) in [6, 6.07) is 7.47. The first kappa shape index (κ1) is 17.7. The van der Waals surface area contributed by atoms with Crippen LogP contribution in [-0.4, -0.2) is 56.2 Å². The van der Waals surface area contributed by atoms with E-state index in [1.54, 1.807) is 0 Å². The number of likely N-dealkylation sites (N-methyl/N-ethyl adjacent to an activating group) is 1. The van der Waals surface area contributed by atoms with Crippen LogP contribution in [-0.2, 0) is 15.4 Å². The van der Waals surface area contributed by atoms with Crippen LogP contribution in [0.15, 0.2) is 24.3 Å². The van der Waals surface area contributed by atoms with Crippen molar-refractivity contribution in [3.05, 3.63) is 29.8 Å². The summed E-state index contributed by atoms with van der Waals surface area (Å²) in [6.07, 6.45) is 2.92. The van der Waals surface area contributed by atoms with Crippen molar-refractivity contribution in [2.45, 2.75) is 48.2 Å². The molecule has 2 saturated heterocycles. The molecular weight excluding hydrogens is 326 g/mol. The van der Waals surface area contributed by atoms with Crippen LogP contribution in [0.5, 0.6) is 5.75 Å². The van der Waals surface area contributed by atoms with Gasteiger partial charge in [-0.05, 0) is 57.5 Å². The Bertz CT molecular complexity index is 649. The topological polar surface area (TPSA) is 66.8 Å². The lowest BCUT2D eigenvalue weighted by molar-refractivity contribution is 0.00497. The molecule has 0 radical (unpaired) electrons. The maximum atomic E-state index is 12.4. The lowest BCUT2D eigenvalue weighted by Crippen LogP contribution is -2.50. The minimum atomic E-state index is -3.06. The Labute approximate surface area is 144 Å². The number of rotatable bonds is 5. The van der Waals surface area contributed by atoms with E-state index in [4.69, 9.17) is 4.74 Å². The van der Waals surface area contributed by atoms with Gasteiger partial charge in [0.1, 0.15) is 12.4 Å². The lowest BCUT2D eigenvalue weighted by Gasteiger charge is -2.44. The number of nitrogens with zero attached hydrogens (tertiary/aromatic N) is 1. The fourth-order valence-electron chi connectivity index (χ4n) is 3.89. The Kier molecular flexibility index (Phi) is 4.91. The molecule has 2 aliphatic rings. The third kappa shape index (κ3) is 3.46. The molecule has 3 rings (SSSR count). The second-order valence-corrected chi connectivity index (χ2v) is 9.89. The second-order valence-electron chi connectivity index (χ2n) is 7.38. The van der Waals surface area contributed by atoms with Gasteiger partial charge in [-0.15, -0.1) is 0 Å². The van der Waals surface area contributed by atoms with Crippen LogP contribution in [0.2, 0.25) is 0 Å². The molecule has 1 aromatic carbocycles. The summed E-state index contributed by atoms with van der Waals surface area (Å²) < 4.78 is 30.5. The standard InChI is InChI=1S/C18H27NO4S/c1-19(2)10-11-23-15-8-6-14(7-9-15)18(20)12-16-4-3-5-17(13-18)24(16,21)22/h6-9,16-17,20H,3-5,10-13H2,1-2H3. The fraction of sp³-hybridized carbons (Fsp3) is 0.667. The molecule has 6 heteroatoms. The smallest absolute Gasteiger partial charge is 0.156 e. The van der Waals surface area contributed by atoms with E-state index < -0.39 is 25.9 Å². The summed E-state index contributed by atoms with van der Waals surface area (Å²) in [5.41, 5.74) is -0.238. The number of ether oxygens (including phenoxy) is 1. The highest BCUT2D eigenvalue weighted by Gasteiger charge is 2.50. The Morgan fingerprint density at radius 2 is 1.75 bits per heavy atom. The van der Waals surface area contributed by atoms with Crippen molar-refractivity contribution in [2.75, 3.05) is 27.2 Å². The molecule has 0 aromatic heterocycles. The first-order chi connectivity index (χ1) is 11.3. The fourth-order valence-corrected chi connectivity index (χ4v) is 6.44. The highest BCUT2D eigenvalue weighted by Crippen LogP contribution is 2.46. The SMILES string of the molecule is CN(C)CCOc1ccc(C2(O)CC3CCCC(C2)S3(=O)=O)cc1. The molecule has 2 aliphatic heterocycles. The van der Waals surface area contributed by atoms with Crippen LogP contribution in [0, 0.1) is 0 Å². The van der Waals surface area contributed by atoms with E-state index in [0.717, 1.165) is 24.3 Å². The maximum absolute atomic E-state index is 12.4. The molecule has 2 unspecified atom stereocenters. The quantitative estimate of drug-likeness (QED) is 0.876. The van der Waals surface area contributed by atoms with Crippen molar-refractivity contribution in [2.24, 2.45) is 0 Å². The molecule has 0 saturated carbocycles. The third-order valence-electron chi connectivity index (χ3n) is 5.31. The summed E-state index contributed by atoms with van der Waals surface area (Å²) in [5.74, 6) is 0.771. The van der Waals surface area contributed by atoms with Gasteiger partial charge in [0.25, 0.3) is 0 Å². The summed E-state index contributed by atoms with van der Waals surface area (Å²) in [4.78, 5) is 2.05. The zero-order valence-corrected chi connectivity index (χ0v) is 15.3. The molecule has 1 aromatic rings. The van der Waals surface area contributed by atoms with Crippen LogP contribution >= 0.6 is 0 Å². The van der Waals surface area contributed by atoms with E-state index in [-0.39, 0.29) is 0 Å². The summed E-state index contributed by atoms with van der Waals surface area (Å²) in [6.45, 7) is 1.45. The lowest BCUT2D eigenvalue weighted by atomic mass is 9.80. The largest absolute Gasteiger partial charge is 0.492 e. The van der Waals surface area contributed by atoms with Crippen molar-refractivity contribution >= 4 is 9.84 Å². The van der Waals surface area contributed by atoms with E-state index in [1.165, 1.54) is 0 Å². The number of benzene rings is 1. The Balaban J connectivity index is 1.72. The summed E-state index contributed by atoms with van der Waals surface area (Å²) in [5, 5.41) is 10.3. The minimum absolute atomic E-state index is 0.312. The molecule has 2 atom stereocenters. The Morgan fingerprint density at radius 3 is 2.29 bits per heavy atom. The van der Waals surface area contributed by atoms with Crippen LogP contribution in [0.4, 0.5) is 0 Å². The minimum Gasteiger partial charge on any atom is -0.492 e.